The number of hydrogen-bond donors (Lipinski definition) is 2. The molecule has 66 valence electrons. The Hall–Kier alpha value is -0.700. The molecule has 2 nitrogen and oxygen atoms in total. The van der Waals surface area contributed by atoms with E-state index >= 15 is 0 Å². The van der Waals surface area contributed by atoms with E-state index in [9.17, 15) is 0 Å². The first-order valence-corrected chi connectivity index (χ1v) is 5.18. The Kier molecular flexibility index (Phi) is 1.76. The van der Waals surface area contributed by atoms with E-state index in [4.69, 9.17) is 11.5 Å². The molecule has 1 heterocycles. The standard InChI is InChI=1S/C9H14N2S/c1-5-3-2-4-6-7(5)8(10)9(11)12-6/h5H,2-4,10-11H2,1H3. The molecular formula is C9H14N2S. The molecule has 1 aromatic heterocycles. The summed E-state index contributed by atoms with van der Waals surface area (Å²) in [6.07, 6.45) is 3.71. The number of nitrogens with two attached hydrogens (primary N) is 2. The average molecular weight is 182 g/mol. The second-order valence-corrected chi connectivity index (χ2v) is 4.65. The molecule has 0 aromatic carbocycles. The minimum atomic E-state index is 0.613. The quantitative estimate of drug-likeness (QED) is 0.647. The lowest BCUT2D eigenvalue weighted by molar-refractivity contribution is 0.600. The topological polar surface area (TPSA) is 52.0 Å². The lowest BCUT2D eigenvalue weighted by Gasteiger charge is -2.18. The van der Waals surface area contributed by atoms with Gasteiger partial charge in [0.15, 0.2) is 0 Å². The summed E-state index contributed by atoms with van der Waals surface area (Å²) in [5.74, 6) is 0.613. The molecule has 0 spiro atoms. The summed E-state index contributed by atoms with van der Waals surface area (Å²) < 4.78 is 0. The van der Waals surface area contributed by atoms with Gasteiger partial charge < -0.3 is 11.5 Å². The Balaban J connectivity index is 2.54. The van der Waals surface area contributed by atoms with Crippen LogP contribution in [0.1, 0.15) is 36.1 Å². The molecule has 0 aliphatic heterocycles. The van der Waals surface area contributed by atoms with Crippen LogP contribution in [-0.2, 0) is 6.42 Å². The van der Waals surface area contributed by atoms with Gasteiger partial charge in [0.2, 0.25) is 0 Å². The molecule has 1 unspecified atom stereocenters. The average Bonchev–Trinajstić information content (AvgIpc) is 2.29. The second kappa shape index (κ2) is 2.66. The fourth-order valence-electron chi connectivity index (χ4n) is 1.96. The highest BCUT2D eigenvalue weighted by Gasteiger charge is 2.22. The van der Waals surface area contributed by atoms with Crippen molar-refractivity contribution in [2.45, 2.75) is 32.1 Å². The molecule has 12 heavy (non-hydrogen) atoms. The molecule has 0 radical (unpaired) electrons. The smallest absolute Gasteiger partial charge is 0.110 e. The van der Waals surface area contributed by atoms with Crippen LogP contribution in [0.25, 0.3) is 0 Å². The highest BCUT2D eigenvalue weighted by molar-refractivity contribution is 7.16. The monoisotopic (exact) mass is 182 g/mol. The van der Waals surface area contributed by atoms with Crippen molar-refractivity contribution < 1.29 is 0 Å². The van der Waals surface area contributed by atoms with E-state index in [1.54, 1.807) is 11.3 Å². The van der Waals surface area contributed by atoms with Gasteiger partial charge >= 0.3 is 0 Å². The van der Waals surface area contributed by atoms with E-state index in [1.807, 2.05) is 0 Å². The van der Waals surface area contributed by atoms with E-state index < -0.39 is 0 Å². The largest absolute Gasteiger partial charge is 0.396 e. The van der Waals surface area contributed by atoms with Gasteiger partial charge in [-0.1, -0.05) is 6.92 Å². The van der Waals surface area contributed by atoms with Gasteiger partial charge in [0.1, 0.15) is 5.00 Å². The van der Waals surface area contributed by atoms with Crippen molar-refractivity contribution in [3.05, 3.63) is 10.4 Å². The van der Waals surface area contributed by atoms with Crippen molar-refractivity contribution >= 4 is 22.0 Å². The van der Waals surface area contributed by atoms with Gasteiger partial charge in [-0.3, -0.25) is 0 Å². The molecule has 0 bridgehead atoms. The van der Waals surface area contributed by atoms with Crippen LogP contribution in [0.3, 0.4) is 0 Å². The molecule has 1 aromatic rings. The Bertz CT molecular complexity index is 304. The van der Waals surface area contributed by atoms with Crippen molar-refractivity contribution in [2.24, 2.45) is 0 Å². The zero-order chi connectivity index (χ0) is 8.72. The number of nitrogen functional groups attached to an aromatic ring is 2. The van der Waals surface area contributed by atoms with Gasteiger partial charge in [-0.2, -0.15) is 0 Å². The molecule has 0 saturated heterocycles. The van der Waals surface area contributed by atoms with E-state index in [1.165, 1.54) is 29.7 Å². The van der Waals surface area contributed by atoms with Crippen LogP contribution in [0, 0.1) is 0 Å². The lowest BCUT2D eigenvalue weighted by Crippen LogP contribution is -2.06. The molecule has 2 rings (SSSR count). The van der Waals surface area contributed by atoms with Gasteiger partial charge in [-0.05, 0) is 30.7 Å². The van der Waals surface area contributed by atoms with Crippen LogP contribution in [0.5, 0.6) is 0 Å². The summed E-state index contributed by atoms with van der Waals surface area (Å²) in [5, 5.41) is 0.814. The summed E-state index contributed by atoms with van der Waals surface area (Å²) in [7, 11) is 0. The predicted molar refractivity (Wildman–Crippen MR) is 54.5 cm³/mol. The minimum absolute atomic E-state index is 0.613. The van der Waals surface area contributed by atoms with Crippen molar-refractivity contribution in [3.63, 3.8) is 0 Å². The van der Waals surface area contributed by atoms with Crippen LogP contribution >= 0.6 is 11.3 Å². The number of rotatable bonds is 0. The maximum Gasteiger partial charge on any atom is 0.110 e. The molecule has 1 aliphatic carbocycles. The summed E-state index contributed by atoms with van der Waals surface area (Å²) >= 11 is 1.67. The third-order valence-corrected chi connectivity index (χ3v) is 3.73. The first kappa shape index (κ1) is 7.92. The molecule has 3 heteroatoms. The van der Waals surface area contributed by atoms with Gasteiger partial charge in [0, 0.05) is 4.88 Å². The molecule has 0 amide bonds. The summed E-state index contributed by atoms with van der Waals surface area (Å²) in [6, 6.07) is 0. The van der Waals surface area contributed by atoms with Crippen molar-refractivity contribution in [2.75, 3.05) is 11.5 Å². The van der Waals surface area contributed by atoms with Crippen LogP contribution in [-0.4, -0.2) is 0 Å². The van der Waals surface area contributed by atoms with Crippen LogP contribution < -0.4 is 11.5 Å². The zero-order valence-electron chi connectivity index (χ0n) is 7.26. The molecule has 0 fully saturated rings. The molecular weight excluding hydrogens is 168 g/mol. The van der Waals surface area contributed by atoms with Crippen molar-refractivity contribution in [1.82, 2.24) is 0 Å². The molecule has 1 atom stereocenters. The van der Waals surface area contributed by atoms with Crippen molar-refractivity contribution in [3.8, 4) is 0 Å². The molecule has 0 saturated carbocycles. The van der Waals surface area contributed by atoms with E-state index in [0.29, 0.717) is 5.92 Å². The van der Waals surface area contributed by atoms with Crippen LogP contribution in [0.4, 0.5) is 10.7 Å². The third-order valence-electron chi connectivity index (χ3n) is 2.62. The maximum absolute atomic E-state index is 5.90. The molecule has 1 aliphatic rings. The fourth-order valence-corrected chi connectivity index (χ4v) is 3.12. The summed E-state index contributed by atoms with van der Waals surface area (Å²) in [4.78, 5) is 1.42. The number of aryl methyl sites for hydroxylation is 1. The predicted octanol–water partition coefficient (Wildman–Crippen LogP) is 2.35. The zero-order valence-corrected chi connectivity index (χ0v) is 8.08. The van der Waals surface area contributed by atoms with Gasteiger partial charge in [0.05, 0.1) is 5.69 Å². The highest BCUT2D eigenvalue weighted by atomic mass is 32.1. The Morgan fingerprint density at radius 3 is 2.83 bits per heavy atom. The first-order valence-electron chi connectivity index (χ1n) is 4.36. The van der Waals surface area contributed by atoms with E-state index in [-0.39, 0.29) is 0 Å². The normalized spacial score (nSPS) is 22.2. The first-order chi connectivity index (χ1) is 5.70. The van der Waals surface area contributed by atoms with Crippen LogP contribution in [0.2, 0.25) is 0 Å². The van der Waals surface area contributed by atoms with Gasteiger partial charge in [0.25, 0.3) is 0 Å². The fraction of sp³-hybridized carbons (Fsp3) is 0.556. The number of hydrogen-bond acceptors (Lipinski definition) is 3. The number of anilines is 2. The second-order valence-electron chi connectivity index (χ2n) is 3.51. The Morgan fingerprint density at radius 2 is 2.17 bits per heavy atom. The Labute approximate surface area is 76.6 Å². The van der Waals surface area contributed by atoms with Gasteiger partial charge in [-0.25, -0.2) is 0 Å². The van der Waals surface area contributed by atoms with E-state index in [0.717, 1.165) is 10.7 Å². The summed E-state index contributed by atoms with van der Waals surface area (Å²) in [5.41, 5.74) is 13.9. The molecule has 4 N–H and O–H groups in total. The Morgan fingerprint density at radius 1 is 1.42 bits per heavy atom. The highest BCUT2D eigenvalue weighted by Crippen LogP contribution is 2.43. The van der Waals surface area contributed by atoms with E-state index in [2.05, 4.69) is 6.92 Å². The lowest BCUT2D eigenvalue weighted by atomic mass is 9.88. The number of thiophene rings is 1. The summed E-state index contributed by atoms with van der Waals surface area (Å²) in [6.45, 7) is 2.24. The van der Waals surface area contributed by atoms with Gasteiger partial charge in [-0.15, -0.1) is 11.3 Å². The maximum atomic E-state index is 5.90. The third kappa shape index (κ3) is 1.00. The van der Waals surface area contributed by atoms with Crippen molar-refractivity contribution in [1.29, 1.82) is 0 Å². The van der Waals surface area contributed by atoms with Crippen LogP contribution in [0.15, 0.2) is 0 Å². The number of fused-ring (bicyclic) bond motifs is 1. The minimum Gasteiger partial charge on any atom is -0.396 e. The SMILES string of the molecule is CC1CCCc2sc(N)c(N)c21.